The average Bonchev–Trinajstić information content (AvgIpc) is 2.73. The first kappa shape index (κ1) is 21.7. The number of aromatic nitrogens is 1. The zero-order valence-corrected chi connectivity index (χ0v) is 17.0. The molecule has 0 amide bonds. The van der Waals surface area contributed by atoms with Gasteiger partial charge >= 0.3 is 0 Å². The largest absolute Gasteiger partial charge is 0.479 e. The first-order valence-electron chi connectivity index (χ1n) is 9.69. The maximum atomic E-state index is 14.1. The number of alkyl halides is 1. The Hall–Kier alpha value is -3.03. The highest BCUT2D eigenvalue weighted by Crippen LogP contribution is 2.29. The number of piperazine rings is 1. The van der Waals surface area contributed by atoms with Gasteiger partial charge in [-0.25, -0.2) is 14.4 Å². The number of anilines is 2. The lowest BCUT2D eigenvalue weighted by Gasteiger charge is -2.43. The van der Waals surface area contributed by atoms with Crippen molar-refractivity contribution in [1.82, 2.24) is 9.88 Å². The number of hydrogen-bond donors (Lipinski definition) is 1. The second kappa shape index (κ2) is 10.1. The number of guanidine groups is 1. The average molecular weight is 415 g/mol. The van der Waals surface area contributed by atoms with E-state index in [-0.39, 0.29) is 5.96 Å². The molecule has 3 heterocycles. The fourth-order valence-electron chi connectivity index (χ4n) is 3.31. The van der Waals surface area contributed by atoms with Crippen LogP contribution in [-0.2, 0) is 4.74 Å². The van der Waals surface area contributed by atoms with Crippen molar-refractivity contribution in [2.45, 2.75) is 12.3 Å². The molecule has 0 bridgehead atoms. The van der Waals surface area contributed by atoms with Crippen molar-refractivity contribution in [3.8, 4) is 11.9 Å². The molecule has 2 aliphatic heterocycles. The number of methoxy groups -OCH3 is 1. The molecule has 2 saturated heterocycles. The maximum absolute atomic E-state index is 14.1. The fourth-order valence-corrected chi connectivity index (χ4v) is 3.31. The van der Waals surface area contributed by atoms with Crippen LogP contribution in [0.25, 0.3) is 0 Å². The number of pyridine rings is 1. The van der Waals surface area contributed by atoms with Gasteiger partial charge in [0.15, 0.2) is 0 Å². The van der Waals surface area contributed by atoms with Crippen LogP contribution in [0.3, 0.4) is 0 Å². The number of nitrogens with zero attached hydrogens (tertiary/aromatic N) is 6. The Morgan fingerprint density at radius 2 is 2.17 bits per heavy atom. The summed E-state index contributed by atoms with van der Waals surface area (Å²) in [5, 5.41) is 11.7. The number of halogens is 1. The summed E-state index contributed by atoms with van der Waals surface area (Å²) in [6.07, 6.45) is -0.609. The van der Waals surface area contributed by atoms with Crippen LogP contribution in [-0.4, -0.2) is 81.4 Å². The summed E-state index contributed by atoms with van der Waals surface area (Å²) in [5.41, 5.74) is 0.886. The number of ether oxygens (including phenoxy) is 2. The molecule has 0 saturated carbocycles. The Labute approximate surface area is 175 Å². The van der Waals surface area contributed by atoms with Crippen LogP contribution in [0.5, 0.6) is 5.88 Å². The molecular weight excluding hydrogens is 389 g/mol. The molecule has 1 N–H and O–H groups in total. The molecule has 0 radical (unpaired) electrons. The molecular formula is C20H26FN7O2. The van der Waals surface area contributed by atoms with Crippen LogP contribution in [0.1, 0.15) is 0 Å². The van der Waals surface area contributed by atoms with E-state index in [1.807, 2.05) is 6.07 Å². The van der Waals surface area contributed by atoms with E-state index < -0.39 is 12.2 Å². The Kier molecular flexibility index (Phi) is 7.32. The number of nitriles is 1. The number of hydrogen-bond acceptors (Lipinski definition) is 7. The van der Waals surface area contributed by atoms with Crippen molar-refractivity contribution >= 4 is 24.2 Å². The van der Waals surface area contributed by atoms with Crippen LogP contribution in [0.2, 0.25) is 0 Å². The normalized spacial score (nSPS) is 19.9. The van der Waals surface area contributed by atoms with E-state index in [4.69, 9.17) is 14.7 Å². The molecule has 1 aromatic heterocycles. The third kappa shape index (κ3) is 4.93. The molecule has 3 rings (SSSR count). The van der Waals surface area contributed by atoms with Crippen LogP contribution in [0.15, 0.2) is 34.8 Å². The molecule has 2 unspecified atom stereocenters. The highest BCUT2D eigenvalue weighted by molar-refractivity contribution is 5.96. The van der Waals surface area contributed by atoms with Crippen molar-refractivity contribution in [3.05, 3.63) is 24.8 Å². The van der Waals surface area contributed by atoms with E-state index in [1.165, 1.54) is 6.08 Å². The quantitative estimate of drug-likeness (QED) is 0.313. The Morgan fingerprint density at radius 3 is 2.70 bits per heavy atom. The highest BCUT2D eigenvalue weighted by Gasteiger charge is 2.29. The summed E-state index contributed by atoms with van der Waals surface area (Å²) in [6.45, 7) is 12.1. The second-order valence-corrected chi connectivity index (χ2v) is 6.94. The van der Waals surface area contributed by atoms with Crippen LogP contribution >= 0.6 is 0 Å². The SMILES string of the molecule is C=CC(C#N)C(F)/N=C(\N=C)Nc1ccc(N2CCN(C3COC3)CC2)c(OC)n1. The summed E-state index contributed by atoms with van der Waals surface area (Å²) in [4.78, 5) is 16.5. The third-order valence-corrected chi connectivity index (χ3v) is 5.16. The van der Waals surface area contributed by atoms with Gasteiger partial charge in [0.1, 0.15) is 17.4 Å². The summed E-state index contributed by atoms with van der Waals surface area (Å²) in [7, 11) is 1.55. The van der Waals surface area contributed by atoms with Crippen molar-refractivity contribution in [2.75, 3.05) is 56.7 Å². The molecule has 0 aromatic carbocycles. The van der Waals surface area contributed by atoms with Crippen molar-refractivity contribution in [1.29, 1.82) is 5.26 Å². The molecule has 30 heavy (non-hydrogen) atoms. The number of nitrogens with one attached hydrogen (secondary N) is 1. The number of aliphatic imine (C=N–C) groups is 2. The van der Waals surface area contributed by atoms with Gasteiger partial charge in [-0.3, -0.25) is 4.90 Å². The van der Waals surface area contributed by atoms with Gasteiger partial charge in [0.25, 0.3) is 0 Å². The van der Waals surface area contributed by atoms with E-state index in [0.29, 0.717) is 17.7 Å². The monoisotopic (exact) mass is 415 g/mol. The fraction of sp³-hybridized carbons (Fsp3) is 0.500. The maximum Gasteiger partial charge on any atom is 0.239 e. The Balaban J connectivity index is 1.68. The molecule has 2 fully saturated rings. The lowest BCUT2D eigenvalue weighted by atomic mass is 10.1. The van der Waals surface area contributed by atoms with Gasteiger partial charge < -0.3 is 19.7 Å². The van der Waals surface area contributed by atoms with Gasteiger partial charge in [0, 0.05) is 26.2 Å². The van der Waals surface area contributed by atoms with E-state index in [9.17, 15) is 4.39 Å². The van der Waals surface area contributed by atoms with Gasteiger partial charge in [0.05, 0.1) is 32.4 Å². The van der Waals surface area contributed by atoms with Gasteiger partial charge in [-0.2, -0.15) is 10.2 Å². The van der Waals surface area contributed by atoms with Gasteiger partial charge in [-0.05, 0) is 18.9 Å². The lowest BCUT2D eigenvalue weighted by Crippen LogP contribution is -2.56. The standard InChI is InChI=1S/C20H26FN7O2/c1-4-14(11-22)18(21)26-20(23-2)25-17-6-5-16(19(24-17)29-3)28-9-7-27(8-10-28)15-12-30-13-15/h4-6,14-15,18H,1-2,7-10,12-13H2,3H3,(H,24,25,26). The molecule has 2 atom stereocenters. The number of rotatable bonds is 7. The molecule has 0 spiro atoms. The van der Waals surface area contributed by atoms with E-state index in [1.54, 1.807) is 19.2 Å². The lowest BCUT2D eigenvalue weighted by molar-refractivity contribution is -0.0660. The van der Waals surface area contributed by atoms with Gasteiger partial charge in [-0.15, -0.1) is 6.58 Å². The highest BCUT2D eigenvalue weighted by atomic mass is 19.1. The van der Waals surface area contributed by atoms with E-state index in [0.717, 1.165) is 45.1 Å². The summed E-state index contributed by atoms with van der Waals surface area (Å²) in [5.74, 6) is -0.324. The van der Waals surface area contributed by atoms with E-state index >= 15 is 0 Å². The minimum atomic E-state index is -1.81. The van der Waals surface area contributed by atoms with Gasteiger partial charge in [0.2, 0.25) is 18.1 Å². The Bertz CT molecular complexity index is 829. The molecule has 0 aliphatic carbocycles. The zero-order valence-electron chi connectivity index (χ0n) is 17.0. The summed E-state index contributed by atoms with van der Waals surface area (Å²) >= 11 is 0. The predicted octanol–water partition coefficient (Wildman–Crippen LogP) is 1.70. The Morgan fingerprint density at radius 1 is 1.43 bits per heavy atom. The van der Waals surface area contributed by atoms with Crippen LogP contribution < -0.4 is 15.0 Å². The van der Waals surface area contributed by atoms with Crippen LogP contribution in [0, 0.1) is 17.2 Å². The first-order valence-corrected chi connectivity index (χ1v) is 9.69. The first-order chi connectivity index (χ1) is 14.6. The summed E-state index contributed by atoms with van der Waals surface area (Å²) < 4.78 is 24.9. The van der Waals surface area contributed by atoms with Crippen molar-refractivity contribution < 1.29 is 13.9 Å². The van der Waals surface area contributed by atoms with Crippen LogP contribution in [0.4, 0.5) is 15.9 Å². The minimum Gasteiger partial charge on any atom is -0.479 e. The summed E-state index contributed by atoms with van der Waals surface area (Å²) in [6, 6.07) is 5.95. The van der Waals surface area contributed by atoms with Gasteiger partial charge in [-0.1, -0.05) is 6.08 Å². The molecule has 10 heteroatoms. The second-order valence-electron chi connectivity index (χ2n) is 6.94. The third-order valence-electron chi connectivity index (χ3n) is 5.16. The topological polar surface area (TPSA) is 98.4 Å². The molecule has 2 aliphatic rings. The zero-order chi connectivity index (χ0) is 21.5. The van der Waals surface area contributed by atoms with Crippen molar-refractivity contribution in [3.63, 3.8) is 0 Å². The molecule has 160 valence electrons. The predicted molar refractivity (Wildman–Crippen MR) is 114 cm³/mol. The molecule has 9 nitrogen and oxygen atoms in total. The minimum absolute atomic E-state index is 0.0803. The smallest absolute Gasteiger partial charge is 0.239 e. The van der Waals surface area contributed by atoms with Crippen molar-refractivity contribution in [2.24, 2.45) is 15.9 Å². The van der Waals surface area contributed by atoms with E-state index in [2.05, 4.69) is 43.4 Å². The molecule has 1 aromatic rings.